The molecule has 47 heavy (non-hydrogen) atoms. The van der Waals surface area contributed by atoms with Gasteiger partial charge in [0.05, 0.1) is 18.3 Å². The number of nitrogens with zero attached hydrogens (tertiary/aromatic N) is 4. The first kappa shape index (κ1) is 37.5. The van der Waals surface area contributed by atoms with Crippen LogP contribution in [0.3, 0.4) is 0 Å². The number of aromatic nitrogens is 2. The summed E-state index contributed by atoms with van der Waals surface area (Å²) in [7, 11) is -1.58. The van der Waals surface area contributed by atoms with Crippen LogP contribution in [0, 0.1) is 6.57 Å². The number of carbonyl (C=O) groups is 2. The van der Waals surface area contributed by atoms with Crippen molar-refractivity contribution in [2.45, 2.75) is 78.5 Å². The van der Waals surface area contributed by atoms with E-state index in [-0.39, 0.29) is 37.4 Å². The Bertz CT molecular complexity index is 1600. The Hall–Kier alpha value is -3.98. The van der Waals surface area contributed by atoms with Crippen LogP contribution in [0.2, 0.25) is 0 Å². The van der Waals surface area contributed by atoms with E-state index in [1.807, 2.05) is 34.6 Å². The number of ether oxygens (including phenoxy) is 2. The molecule has 1 aromatic heterocycles. The van der Waals surface area contributed by atoms with Crippen molar-refractivity contribution in [1.29, 1.82) is 0 Å². The Morgan fingerprint density at radius 3 is 2.04 bits per heavy atom. The molecule has 0 fully saturated rings. The summed E-state index contributed by atoms with van der Waals surface area (Å²) in [5, 5.41) is 0. The molecule has 0 saturated heterocycles. The largest absolute Gasteiger partial charge is 0.454 e. The number of hydrogen-bond acceptors (Lipinski definition) is 9. The van der Waals surface area contributed by atoms with Crippen molar-refractivity contribution in [3.63, 3.8) is 0 Å². The molecular formula is C34H43N4O8P. The van der Waals surface area contributed by atoms with Crippen molar-refractivity contribution < 1.29 is 28.1 Å². The summed E-state index contributed by atoms with van der Waals surface area (Å²) < 4.78 is 28.2. The van der Waals surface area contributed by atoms with E-state index < -0.39 is 50.1 Å². The molecular weight excluding hydrogens is 623 g/mol. The normalized spacial score (nSPS) is 14.0. The maximum absolute atomic E-state index is 13.8. The minimum absolute atomic E-state index is 0.0450. The van der Waals surface area contributed by atoms with Gasteiger partial charge in [0.2, 0.25) is 6.54 Å². The zero-order valence-corrected chi connectivity index (χ0v) is 28.5. The molecule has 0 radical (unpaired) electrons. The number of carbonyl (C=O) groups excluding carboxylic acids is 2. The van der Waals surface area contributed by atoms with Crippen LogP contribution in [-0.4, -0.2) is 69.7 Å². The van der Waals surface area contributed by atoms with Crippen LogP contribution in [-0.2, 0) is 18.5 Å². The molecule has 0 spiro atoms. The predicted octanol–water partition coefficient (Wildman–Crippen LogP) is 5.54. The molecule has 0 saturated carbocycles. The molecule has 0 aliphatic heterocycles. The topological polar surface area (TPSA) is 123 Å². The molecule has 3 rings (SSSR count). The lowest BCUT2D eigenvalue weighted by Crippen LogP contribution is -2.47. The zero-order chi connectivity index (χ0) is 34.5. The SMILES string of the molecule is [C-]#[N+]CCOP(OCC(CC)OC([C@H](C)OC(=O)c1ccccc1)n1ccc(=O)n(C(=O)c2ccccc2)c1=O)N(C(C)C)C(C)C. The lowest BCUT2D eigenvalue weighted by molar-refractivity contribution is -0.128. The monoisotopic (exact) mass is 666 g/mol. The second kappa shape index (κ2) is 18.4. The van der Waals surface area contributed by atoms with E-state index in [1.165, 1.54) is 18.3 Å². The molecule has 0 N–H and O–H groups in total. The number of benzene rings is 2. The quantitative estimate of drug-likeness (QED) is 0.0792. The summed E-state index contributed by atoms with van der Waals surface area (Å²) in [5.74, 6) is -1.44. The van der Waals surface area contributed by atoms with Gasteiger partial charge in [0.15, 0.2) is 6.23 Å². The molecule has 4 atom stereocenters. The lowest BCUT2D eigenvalue weighted by atomic mass is 10.2. The summed E-state index contributed by atoms with van der Waals surface area (Å²) in [6.45, 7) is 19.1. The van der Waals surface area contributed by atoms with Crippen molar-refractivity contribution in [2.24, 2.45) is 0 Å². The lowest BCUT2D eigenvalue weighted by Gasteiger charge is -2.36. The fourth-order valence-corrected chi connectivity index (χ4v) is 6.39. The highest BCUT2D eigenvalue weighted by Gasteiger charge is 2.32. The summed E-state index contributed by atoms with van der Waals surface area (Å²) in [4.78, 5) is 56.4. The van der Waals surface area contributed by atoms with Crippen molar-refractivity contribution >= 4 is 20.4 Å². The summed E-state index contributed by atoms with van der Waals surface area (Å²) in [5.41, 5.74) is -1.32. The zero-order valence-electron chi connectivity index (χ0n) is 27.6. The van der Waals surface area contributed by atoms with Gasteiger partial charge in [0, 0.05) is 29.9 Å². The third-order valence-corrected chi connectivity index (χ3v) is 9.10. The van der Waals surface area contributed by atoms with E-state index in [0.717, 1.165) is 10.6 Å². The van der Waals surface area contributed by atoms with Gasteiger partial charge in [-0.2, -0.15) is 4.57 Å². The summed E-state index contributed by atoms with van der Waals surface area (Å²) in [6, 6.07) is 17.6. The maximum Gasteiger partial charge on any atom is 0.340 e. The van der Waals surface area contributed by atoms with E-state index >= 15 is 0 Å². The molecule has 3 aromatic rings. The van der Waals surface area contributed by atoms with Gasteiger partial charge in [0.25, 0.3) is 20.0 Å². The standard InChI is InChI=1S/C34H43N4O8P/c1-8-29(23-44-47(43-22-20-35-7)38(24(2)3)25(4)5)46-32(26(6)45-33(41)28-17-13-10-14-18-28)36-21-19-30(39)37(34(36)42)31(40)27-15-11-9-12-16-27/h9-19,21,24-26,29,32H,8,20,22-23H2,1-6H3/t26-,29?,32?,47?/m0/s1. The van der Waals surface area contributed by atoms with Gasteiger partial charge < -0.3 is 23.4 Å². The van der Waals surface area contributed by atoms with Crippen LogP contribution in [0.1, 0.15) is 74.9 Å². The molecule has 3 unspecified atom stereocenters. The second-order valence-electron chi connectivity index (χ2n) is 11.2. The Labute approximate surface area is 276 Å². The fraction of sp³-hybridized carbons (Fsp3) is 0.441. The van der Waals surface area contributed by atoms with E-state index in [0.29, 0.717) is 16.6 Å². The third kappa shape index (κ3) is 10.3. The number of esters is 1. The highest BCUT2D eigenvalue weighted by atomic mass is 31.2. The average Bonchev–Trinajstić information content (AvgIpc) is 3.05. The van der Waals surface area contributed by atoms with Crippen LogP contribution in [0.15, 0.2) is 82.5 Å². The van der Waals surface area contributed by atoms with Gasteiger partial charge in [0.1, 0.15) is 12.7 Å². The molecule has 1 heterocycles. The smallest absolute Gasteiger partial charge is 0.340 e. The molecule has 0 amide bonds. The van der Waals surface area contributed by atoms with Gasteiger partial charge in [-0.1, -0.05) is 43.3 Å². The first-order valence-electron chi connectivity index (χ1n) is 15.5. The molecule has 252 valence electrons. The van der Waals surface area contributed by atoms with Gasteiger partial charge in [-0.05, 0) is 65.3 Å². The van der Waals surface area contributed by atoms with Gasteiger partial charge in [-0.3, -0.25) is 14.2 Å². The van der Waals surface area contributed by atoms with Gasteiger partial charge >= 0.3 is 11.7 Å². The first-order chi connectivity index (χ1) is 22.5. The molecule has 2 aromatic carbocycles. The Morgan fingerprint density at radius 2 is 1.49 bits per heavy atom. The van der Waals surface area contributed by atoms with Crippen LogP contribution >= 0.6 is 8.53 Å². The molecule has 13 heteroatoms. The minimum Gasteiger partial charge on any atom is -0.454 e. The average molecular weight is 667 g/mol. The fourth-order valence-electron chi connectivity index (χ4n) is 4.76. The molecule has 0 aliphatic carbocycles. The van der Waals surface area contributed by atoms with Gasteiger partial charge in [-0.25, -0.2) is 20.8 Å². The summed E-state index contributed by atoms with van der Waals surface area (Å²) in [6.07, 6.45) is -1.27. The van der Waals surface area contributed by atoms with Crippen molar-refractivity contribution in [2.75, 3.05) is 19.8 Å². The van der Waals surface area contributed by atoms with Gasteiger partial charge in [-0.15, -0.1) is 0 Å². The van der Waals surface area contributed by atoms with Crippen LogP contribution in [0.4, 0.5) is 0 Å². The Kier molecular flexibility index (Phi) is 14.7. The Balaban J connectivity index is 1.98. The summed E-state index contributed by atoms with van der Waals surface area (Å²) >= 11 is 0. The molecule has 12 nitrogen and oxygen atoms in total. The van der Waals surface area contributed by atoms with Crippen LogP contribution < -0.4 is 11.2 Å². The number of rotatable bonds is 17. The van der Waals surface area contributed by atoms with Crippen molar-refractivity contribution in [3.8, 4) is 0 Å². The van der Waals surface area contributed by atoms with E-state index in [9.17, 15) is 19.2 Å². The van der Waals surface area contributed by atoms with E-state index in [4.69, 9.17) is 25.1 Å². The van der Waals surface area contributed by atoms with E-state index in [2.05, 4.69) is 9.52 Å². The maximum atomic E-state index is 13.8. The van der Waals surface area contributed by atoms with Crippen LogP contribution in [0.5, 0.6) is 0 Å². The highest BCUT2D eigenvalue weighted by molar-refractivity contribution is 7.44. The third-order valence-electron chi connectivity index (χ3n) is 7.02. The second-order valence-corrected chi connectivity index (χ2v) is 12.7. The van der Waals surface area contributed by atoms with E-state index in [1.54, 1.807) is 55.5 Å². The predicted molar refractivity (Wildman–Crippen MR) is 179 cm³/mol. The highest BCUT2D eigenvalue weighted by Crippen LogP contribution is 2.46. The first-order valence-corrected chi connectivity index (χ1v) is 16.7. The van der Waals surface area contributed by atoms with Crippen LogP contribution in [0.25, 0.3) is 4.85 Å². The van der Waals surface area contributed by atoms with Crippen molar-refractivity contribution in [3.05, 3.63) is 116 Å². The molecule has 0 aliphatic rings. The number of hydrogen-bond donors (Lipinski definition) is 0. The molecule has 0 bridgehead atoms. The minimum atomic E-state index is -1.58. The van der Waals surface area contributed by atoms with Crippen molar-refractivity contribution in [1.82, 2.24) is 13.8 Å². The Morgan fingerprint density at radius 1 is 0.894 bits per heavy atom.